The molecule has 1 aliphatic carbocycles. The van der Waals surface area contributed by atoms with E-state index in [-0.39, 0.29) is 0 Å². The molecule has 1 aliphatic rings. The summed E-state index contributed by atoms with van der Waals surface area (Å²) in [6, 6.07) is 0. The van der Waals surface area contributed by atoms with Crippen LogP contribution >= 0.6 is 7.60 Å². The predicted molar refractivity (Wildman–Crippen MR) is 42.9 cm³/mol. The molecule has 0 radical (unpaired) electrons. The average molecular weight is 193 g/mol. The van der Waals surface area contributed by atoms with Gasteiger partial charge in [-0.1, -0.05) is 0 Å². The standard InChI is InChI=1S/C6H12NO4P/c1-12(9,11-6(7)8)10-4-5-2-3-5/h5H,2-4H2,1H3,(H2,7,8). The summed E-state index contributed by atoms with van der Waals surface area (Å²) in [5.74, 6) is 0.481. The molecule has 2 N–H and O–H groups in total. The first-order chi connectivity index (χ1) is 5.49. The van der Waals surface area contributed by atoms with E-state index in [1.54, 1.807) is 0 Å². The van der Waals surface area contributed by atoms with Crippen molar-refractivity contribution >= 4 is 13.7 Å². The van der Waals surface area contributed by atoms with Gasteiger partial charge in [-0.05, 0) is 18.8 Å². The van der Waals surface area contributed by atoms with Crippen LogP contribution in [0.2, 0.25) is 0 Å². The highest BCUT2D eigenvalue weighted by Gasteiger charge is 2.27. The minimum Gasteiger partial charge on any atom is -0.375 e. The third kappa shape index (κ3) is 3.74. The number of hydrogen-bond donors (Lipinski definition) is 1. The molecule has 70 valence electrons. The maximum atomic E-state index is 11.2. The number of rotatable bonds is 4. The monoisotopic (exact) mass is 193 g/mol. The van der Waals surface area contributed by atoms with E-state index < -0.39 is 13.7 Å². The van der Waals surface area contributed by atoms with Gasteiger partial charge in [-0.15, -0.1) is 0 Å². The molecule has 0 spiro atoms. The minimum absolute atomic E-state index is 0.390. The number of nitrogens with two attached hydrogens (primary N) is 1. The zero-order chi connectivity index (χ0) is 9.19. The van der Waals surface area contributed by atoms with Gasteiger partial charge in [0.15, 0.2) is 0 Å². The van der Waals surface area contributed by atoms with E-state index in [1.165, 1.54) is 6.66 Å². The first-order valence-corrected chi connectivity index (χ1v) is 5.70. The van der Waals surface area contributed by atoms with Gasteiger partial charge in [-0.2, -0.15) is 0 Å². The predicted octanol–water partition coefficient (Wildman–Crippen LogP) is 1.33. The Morgan fingerprint density at radius 3 is 2.67 bits per heavy atom. The molecule has 5 nitrogen and oxygen atoms in total. The third-order valence-electron chi connectivity index (χ3n) is 1.50. The Morgan fingerprint density at radius 2 is 2.25 bits per heavy atom. The second-order valence-corrected chi connectivity index (χ2v) is 4.90. The van der Waals surface area contributed by atoms with Crippen LogP contribution in [0.15, 0.2) is 0 Å². The molecule has 0 bridgehead atoms. The van der Waals surface area contributed by atoms with Crippen molar-refractivity contribution in [2.45, 2.75) is 12.8 Å². The van der Waals surface area contributed by atoms with E-state index in [2.05, 4.69) is 10.3 Å². The molecule has 0 aliphatic heterocycles. The second kappa shape index (κ2) is 3.46. The van der Waals surface area contributed by atoms with E-state index in [0.717, 1.165) is 12.8 Å². The van der Waals surface area contributed by atoms with Crippen molar-refractivity contribution in [1.82, 2.24) is 0 Å². The van der Waals surface area contributed by atoms with Crippen molar-refractivity contribution < 1.29 is 18.4 Å². The van der Waals surface area contributed by atoms with Crippen LogP contribution in [-0.4, -0.2) is 19.4 Å². The largest absolute Gasteiger partial charge is 0.411 e. The highest BCUT2D eigenvalue weighted by Crippen LogP contribution is 2.46. The normalized spacial score (nSPS) is 21.4. The molecule has 1 atom stereocenters. The fourth-order valence-corrected chi connectivity index (χ4v) is 1.58. The minimum atomic E-state index is -3.24. The van der Waals surface area contributed by atoms with Crippen molar-refractivity contribution in [3.8, 4) is 0 Å². The zero-order valence-electron chi connectivity index (χ0n) is 6.86. The van der Waals surface area contributed by atoms with Gasteiger partial charge >= 0.3 is 13.7 Å². The van der Waals surface area contributed by atoms with Gasteiger partial charge in [0.2, 0.25) is 0 Å². The summed E-state index contributed by atoms with van der Waals surface area (Å²) in [5, 5.41) is 0. The van der Waals surface area contributed by atoms with E-state index in [9.17, 15) is 9.36 Å². The Morgan fingerprint density at radius 1 is 1.67 bits per heavy atom. The first-order valence-electron chi connectivity index (χ1n) is 3.71. The maximum absolute atomic E-state index is 11.2. The summed E-state index contributed by atoms with van der Waals surface area (Å²) in [6.07, 6.45) is 1.13. The van der Waals surface area contributed by atoms with Gasteiger partial charge in [-0.25, -0.2) is 9.36 Å². The number of primary amides is 1. The molecule has 1 unspecified atom stereocenters. The lowest BCUT2D eigenvalue weighted by Crippen LogP contribution is -2.12. The number of carbonyl (C=O) groups excluding carboxylic acids is 1. The fraction of sp³-hybridized carbons (Fsp3) is 0.833. The molecular formula is C6H12NO4P. The summed E-state index contributed by atoms with van der Waals surface area (Å²) in [7, 11) is -3.24. The second-order valence-electron chi connectivity index (χ2n) is 2.92. The van der Waals surface area contributed by atoms with Gasteiger partial charge in [0.05, 0.1) is 13.3 Å². The zero-order valence-corrected chi connectivity index (χ0v) is 7.75. The molecule has 0 aromatic carbocycles. The number of hydrogen-bond acceptors (Lipinski definition) is 4. The SMILES string of the molecule is CP(=O)(OCC1CC1)OC(N)=O. The average Bonchev–Trinajstić information content (AvgIpc) is 2.62. The Balaban J connectivity index is 2.25. The molecule has 0 saturated heterocycles. The topological polar surface area (TPSA) is 78.6 Å². The quantitative estimate of drug-likeness (QED) is 0.683. The van der Waals surface area contributed by atoms with Crippen molar-refractivity contribution in [2.24, 2.45) is 11.7 Å². The third-order valence-corrected chi connectivity index (χ3v) is 2.63. The highest BCUT2D eigenvalue weighted by atomic mass is 31.2. The van der Waals surface area contributed by atoms with Crippen LogP contribution in [0.5, 0.6) is 0 Å². The molecule has 1 amide bonds. The van der Waals surface area contributed by atoms with Crippen LogP contribution < -0.4 is 5.73 Å². The summed E-state index contributed by atoms with van der Waals surface area (Å²) < 4.78 is 20.4. The van der Waals surface area contributed by atoms with Gasteiger partial charge in [-0.3, -0.25) is 4.52 Å². The highest BCUT2D eigenvalue weighted by molar-refractivity contribution is 7.53. The summed E-state index contributed by atoms with van der Waals surface area (Å²) in [5.41, 5.74) is 4.69. The molecular weight excluding hydrogens is 181 g/mol. The lowest BCUT2D eigenvalue weighted by atomic mass is 10.5. The molecule has 0 aromatic rings. The Hall–Kier alpha value is -0.540. The van der Waals surface area contributed by atoms with E-state index in [1.807, 2.05) is 0 Å². The van der Waals surface area contributed by atoms with Crippen LogP contribution in [0, 0.1) is 5.92 Å². The van der Waals surface area contributed by atoms with Crippen LogP contribution in [0.4, 0.5) is 4.79 Å². The van der Waals surface area contributed by atoms with Gasteiger partial charge in [0.25, 0.3) is 0 Å². The van der Waals surface area contributed by atoms with Gasteiger partial charge < -0.3 is 10.3 Å². The summed E-state index contributed by atoms with van der Waals surface area (Å²) >= 11 is 0. The summed E-state index contributed by atoms with van der Waals surface area (Å²) in [6.45, 7) is 1.63. The molecule has 12 heavy (non-hydrogen) atoms. The number of carbonyl (C=O) groups is 1. The van der Waals surface area contributed by atoms with Crippen LogP contribution in [0.25, 0.3) is 0 Å². The van der Waals surface area contributed by atoms with E-state index in [0.29, 0.717) is 12.5 Å². The maximum Gasteiger partial charge on any atom is 0.411 e. The molecule has 1 saturated carbocycles. The summed E-state index contributed by atoms with van der Waals surface area (Å²) in [4.78, 5) is 10.2. The fourth-order valence-electron chi connectivity index (χ4n) is 0.715. The molecule has 1 rings (SSSR count). The molecule has 0 heterocycles. The van der Waals surface area contributed by atoms with Crippen LogP contribution in [0.1, 0.15) is 12.8 Å². The molecule has 0 aromatic heterocycles. The Bertz CT molecular complexity index is 226. The van der Waals surface area contributed by atoms with E-state index in [4.69, 9.17) is 4.52 Å². The van der Waals surface area contributed by atoms with Crippen molar-refractivity contribution in [3.05, 3.63) is 0 Å². The molecule has 1 fully saturated rings. The Labute approximate surface area is 70.7 Å². The smallest absolute Gasteiger partial charge is 0.375 e. The molecule has 6 heteroatoms. The Kier molecular flexibility index (Phi) is 2.75. The first kappa shape index (κ1) is 9.55. The lowest BCUT2D eigenvalue weighted by Gasteiger charge is -2.11. The van der Waals surface area contributed by atoms with Crippen molar-refractivity contribution in [1.29, 1.82) is 0 Å². The van der Waals surface area contributed by atoms with Crippen LogP contribution in [-0.2, 0) is 13.6 Å². The van der Waals surface area contributed by atoms with Gasteiger partial charge in [0, 0.05) is 0 Å². The van der Waals surface area contributed by atoms with Crippen LogP contribution in [0.3, 0.4) is 0 Å². The van der Waals surface area contributed by atoms with Crippen molar-refractivity contribution in [3.63, 3.8) is 0 Å². The number of amides is 1. The van der Waals surface area contributed by atoms with Crippen molar-refractivity contribution in [2.75, 3.05) is 13.3 Å². The lowest BCUT2D eigenvalue weighted by molar-refractivity contribution is 0.189. The van der Waals surface area contributed by atoms with Gasteiger partial charge in [0.1, 0.15) is 0 Å². The van der Waals surface area contributed by atoms with E-state index >= 15 is 0 Å².